The smallest absolute Gasteiger partial charge is 0.307 e. The molecule has 2 saturated carbocycles. The predicted molar refractivity (Wildman–Crippen MR) is 72.3 cm³/mol. The first kappa shape index (κ1) is 14.8. The standard InChI is InChI=1S/C13H23NO4S/c1-14(10-6-3-2-4-7-10)19(17,18)12-9-5-8-11(12)13(15)16/h10-12H,2-9H2,1H3,(H,15,16). The Morgan fingerprint density at radius 1 is 1.05 bits per heavy atom. The predicted octanol–water partition coefficient (Wildman–Crippen LogP) is 1.83. The van der Waals surface area contributed by atoms with Crippen molar-refractivity contribution in [3.63, 3.8) is 0 Å². The molecule has 0 spiro atoms. The van der Waals surface area contributed by atoms with E-state index in [-0.39, 0.29) is 6.04 Å². The summed E-state index contributed by atoms with van der Waals surface area (Å²) in [5, 5.41) is 8.43. The van der Waals surface area contributed by atoms with Crippen LogP contribution < -0.4 is 0 Å². The molecule has 110 valence electrons. The molecule has 5 nitrogen and oxygen atoms in total. The zero-order valence-electron chi connectivity index (χ0n) is 11.4. The number of hydrogen-bond acceptors (Lipinski definition) is 3. The summed E-state index contributed by atoms with van der Waals surface area (Å²) in [6.45, 7) is 0. The van der Waals surface area contributed by atoms with Crippen molar-refractivity contribution in [2.45, 2.75) is 62.7 Å². The molecule has 2 atom stereocenters. The highest BCUT2D eigenvalue weighted by molar-refractivity contribution is 7.89. The average Bonchev–Trinajstić information content (AvgIpc) is 2.89. The largest absolute Gasteiger partial charge is 0.481 e. The van der Waals surface area contributed by atoms with Crippen LogP contribution in [0.2, 0.25) is 0 Å². The Balaban J connectivity index is 2.14. The van der Waals surface area contributed by atoms with E-state index < -0.39 is 27.2 Å². The van der Waals surface area contributed by atoms with Gasteiger partial charge in [-0.15, -0.1) is 0 Å². The summed E-state index contributed by atoms with van der Waals surface area (Å²) in [5.74, 6) is -1.70. The van der Waals surface area contributed by atoms with Gasteiger partial charge in [-0.2, -0.15) is 0 Å². The molecule has 2 fully saturated rings. The summed E-state index contributed by atoms with van der Waals surface area (Å²) in [6.07, 6.45) is 6.77. The number of carboxylic acids is 1. The lowest BCUT2D eigenvalue weighted by atomic mass is 9.96. The highest BCUT2D eigenvalue weighted by Crippen LogP contribution is 2.35. The molecule has 2 aliphatic carbocycles. The van der Waals surface area contributed by atoms with Gasteiger partial charge in [0.05, 0.1) is 11.2 Å². The first-order valence-electron chi connectivity index (χ1n) is 7.14. The normalized spacial score (nSPS) is 29.8. The molecule has 2 aliphatic rings. The summed E-state index contributed by atoms with van der Waals surface area (Å²) < 4.78 is 26.7. The van der Waals surface area contributed by atoms with Crippen molar-refractivity contribution in [1.82, 2.24) is 4.31 Å². The molecule has 0 radical (unpaired) electrons. The van der Waals surface area contributed by atoms with E-state index in [1.807, 2.05) is 0 Å². The quantitative estimate of drug-likeness (QED) is 0.857. The number of carbonyl (C=O) groups is 1. The van der Waals surface area contributed by atoms with Crippen LogP contribution in [0, 0.1) is 5.92 Å². The third-order valence-electron chi connectivity index (χ3n) is 4.64. The molecule has 6 heteroatoms. The minimum Gasteiger partial charge on any atom is -0.481 e. The Morgan fingerprint density at radius 2 is 1.68 bits per heavy atom. The molecule has 0 saturated heterocycles. The van der Waals surface area contributed by atoms with Gasteiger partial charge in [-0.3, -0.25) is 4.79 Å². The van der Waals surface area contributed by atoms with Gasteiger partial charge < -0.3 is 5.11 Å². The summed E-state index contributed by atoms with van der Waals surface area (Å²) >= 11 is 0. The minimum absolute atomic E-state index is 0.0637. The van der Waals surface area contributed by atoms with Gasteiger partial charge in [0.2, 0.25) is 10.0 Å². The van der Waals surface area contributed by atoms with E-state index >= 15 is 0 Å². The average molecular weight is 289 g/mol. The van der Waals surface area contributed by atoms with Crippen molar-refractivity contribution in [3.8, 4) is 0 Å². The summed E-state index contributed by atoms with van der Waals surface area (Å²) in [4.78, 5) is 11.2. The summed E-state index contributed by atoms with van der Waals surface area (Å²) in [6, 6.07) is 0.0637. The fourth-order valence-electron chi connectivity index (χ4n) is 3.43. The lowest BCUT2D eigenvalue weighted by Gasteiger charge is -2.33. The molecule has 0 aromatic heterocycles. The van der Waals surface area contributed by atoms with E-state index in [0.717, 1.165) is 25.7 Å². The maximum absolute atomic E-state index is 12.6. The first-order chi connectivity index (χ1) is 8.94. The van der Waals surface area contributed by atoms with Crippen LogP contribution in [0.1, 0.15) is 51.4 Å². The Morgan fingerprint density at radius 3 is 2.26 bits per heavy atom. The van der Waals surface area contributed by atoms with E-state index in [1.165, 1.54) is 10.7 Å². The Kier molecular flexibility index (Phi) is 4.50. The van der Waals surface area contributed by atoms with E-state index in [9.17, 15) is 13.2 Å². The fourth-order valence-corrected chi connectivity index (χ4v) is 5.62. The molecule has 2 unspecified atom stereocenters. The van der Waals surface area contributed by atoms with Crippen molar-refractivity contribution in [1.29, 1.82) is 0 Å². The topological polar surface area (TPSA) is 74.7 Å². The Bertz CT molecular complexity index is 428. The van der Waals surface area contributed by atoms with E-state index in [2.05, 4.69) is 0 Å². The molecular formula is C13H23NO4S. The molecular weight excluding hydrogens is 266 g/mol. The SMILES string of the molecule is CN(C1CCCCC1)S(=O)(=O)C1CCCC1C(=O)O. The van der Waals surface area contributed by atoms with Crippen LogP contribution in [0.15, 0.2) is 0 Å². The lowest BCUT2D eigenvalue weighted by Crippen LogP contribution is -2.45. The lowest BCUT2D eigenvalue weighted by molar-refractivity contribution is -0.141. The third-order valence-corrected chi connectivity index (χ3v) is 7.07. The number of hydrogen-bond donors (Lipinski definition) is 1. The van der Waals surface area contributed by atoms with Crippen molar-refractivity contribution in [3.05, 3.63) is 0 Å². The second kappa shape index (κ2) is 5.79. The van der Waals surface area contributed by atoms with Crippen LogP contribution in [0.3, 0.4) is 0 Å². The molecule has 0 aliphatic heterocycles. The van der Waals surface area contributed by atoms with Gasteiger partial charge in [-0.05, 0) is 25.7 Å². The van der Waals surface area contributed by atoms with Crippen LogP contribution in [-0.4, -0.2) is 42.1 Å². The van der Waals surface area contributed by atoms with Crippen LogP contribution in [-0.2, 0) is 14.8 Å². The molecule has 0 amide bonds. The van der Waals surface area contributed by atoms with Gasteiger partial charge >= 0.3 is 5.97 Å². The second-order valence-electron chi connectivity index (χ2n) is 5.77. The number of rotatable bonds is 4. The van der Waals surface area contributed by atoms with Gasteiger partial charge in [-0.1, -0.05) is 25.7 Å². The monoisotopic (exact) mass is 289 g/mol. The van der Waals surface area contributed by atoms with Crippen LogP contribution in [0.4, 0.5) is 0 Å². The van der Waals surface area contributed by atoms with Crippen molar-refractivity contribution in [2.75, 3.05) is 7.05 Å². The summed E-state index contributed by atoms with van der Waals surface area (Å²) in [7, 11) is -1.85. The Hall–Kier alpha value is -0.620. The number of nitrogens with zero attached hydrogens (tertiary/aromatic N) is 1. The zero-order chi connectivity index (χ0) is 14.0. The van der Waals surface area contributed by atoms with Crippen LogP contribution >= 0.6 is 0 Å². The molecule has 1 N–H and O–H groups in total. The first-order valence-corrected chi connectivity index (χ1v) is 8.64. The fraction of sp³-hybridized carbons (Fsp3) is 0.923. The minimum atomic E-state index is -3.48. The van der Waals surface area contributed by atoms with Gasteiger partial charge in [0.25, 0.3) is 0 Å². The molecule has 0 bridgehead atoms. The van der Waals surface area contributed by atoms with Gasteiger partial charge in [0.15, 0.2) is 0 Å². The third kappa shape index (κ3) is 2.94. The number of carboxylic acid groups (broad SMARTS) is 1. The zero-order valence-corrected chi connectivity index (χ0v) is 12.2. The molecule has 0 aromatic rings. The second-order valence-corrected chi connectivity index (χ2v) is 7.98. The van der Waals surface area contributed by atoms with Gasteiger partial charge in [-0.25, -0.2) is 12.7 Å². The number of sulfonamides is 1. The van der Waals surface area contributed by atoms with Crippen molar-refractivity contribution < 1.29 is 18.3 Å². The Labute approximate surface area is 115 Å². The maximum Gasteiger partial charge on any atom is 0.307 e. The molecule has 2 rings (SSSR count). The maximum atomic E-state index is 12.6. The number of aliphatic carboxylic acids is 1. The van der Waals surface area contributed by atoms with Gasteiger partial charge in [0, 0.05) is 13.1 Å². The molecule has 0 aromatic carbocycles. The van der Waals surface area contributed by atoms with Crippen LogP contribution in [0.25, 0.3) is 0 Å². The van der Waals surface area contributed by atoms with E-state index in [1.54, 1.807) is 7.05 Å². The van der Waals surface area contributed by atoms with Crippen molar-refractivity contribution >= 4 is 16.0 Å². The highest BCUT2D eigenvalue weighted by atomic mass is 32.2. The highest BCUT2D eigenvalue weighted by Gasteiger charge is 2.44. The van der Waals surface area contributed by atoms with E-state index in [0.29, 0.717) is 19.3 Å². The summed E-state index contributed by atoms with van der Waals surface area (Å²) in [5.41, 5.74) is 0. The van der Waals surface area contributed by atoms with Gasteiger partial charge in [0.1, 0.15) is 0 Å². The van der Waals surface area contributed by atoms with Crippen molar-refractivity contribution in [2.24, 2.45) is 5.92 Å². The molecule has 0 heterocycles. The van der Waals surface area contributed by atoms with E-state index in [4.69, 9.17) is 5.11 Å². The van der Waals surface area contributed by atoms with Crippen LogP contribution in [0.5, 0.6) is 0 Å². The molecule has 19 heavy (non-hydrogen) atoms.